The van der Waals surface area contributed by atoms with E-state index < -0.39 is 0 Å². The van der Waals surface area contributed by atoms with Crippen molar-refractivity contribution in [3.8, 4) is 5.75 Å². The number of benzene rings is 1. The van der Waals surface area contributed by atoms with Crippen LogP contribution in [0.25, 0.3) is 0 Å². The zero-order valence-corrected chi connectivity index (χ0v) is 16.5. The summed E-state index contributed by atoms with van der Waals surface area (Å²) in [5.74, 6) is 1.15. The van der Waals surface area contributed by atoms with Gasteiger partial charge in [0.25, 0.3) is 0 Å². The third kappa shape index (κ3) is 7.21. The minimum atomic E-state index is 0.0164. The molecule has 1 aromatic carbocycles. The number of ether oxygens (including phenoxy) is 2. The first kappa shape index (κ1) is 21.2. The normalized spacial score (nSPS) is 14.8. The molecule has 0 aromatic heterocycles. The quantitative estimate of drug-likeness (QED) is 0.637. The van der Waals surface area contributed by atoms with Crippen molar-refractivity contribution in [2.45, 2.75) is 39.0 Å². The molecule has 2 rings (SSSR count). The van der Waals surface area contributed by atoms with E-state index in [9.17, 15) is 9.59 Å². The number of nitrogens with one attached hydrogen (secondary N) is 1. The van der Waals surface area contributed by atoms with Gasteiger partial charge in [0, 0.05) is 45.7 Å². The van der Waals surface area contributed by atoms with Crippen LogP contribution in [0.2, 0.25) is 0 Å². The highest BCUT2D eigenvalue weighted by Gasteiger charge is 2.26. The van der Waals surface area contributed by atoms with Gasteiger partial charge in [-0.3, -0.25) is 9.59 Å². The Kier molecular flexibility index (Phi) is 9.11. The van der Waals surface area contributed by atoms with Crippen molar-refractivity contribution in [3.05, 3.63) is 29.8 Å². The number of amides is 2. The second-order valence-electron chi connectivity index (χ2n) is 6.87. The summed E-state index contributed by atoms with van der Waals surface area (Å²) in [5, 5.41) is 2.96. The number of hydrogen-bond donors (Lipinski definition) is 1. The lowest BCUT2D eigenvalue weighted by Crippen LogP contribution is -2.43. The van der Waals surface area contributed by atoms with Crippen molar-refractivity contribution in [2.75, 3.05) is 40.0 Å². The van der Waals surface area contributed by atoms with E-state index in [2.05, 4.69) is 5.32 Å². The first-order valence-electron chi connectivity index (χ1n) is 9.90. The monoisotopic (exact) mass is 376 g/mol. The number of aryl methyl sites for hydroxylation is 1. The maximum Gasteiger partial charge on any atom is 0.223 e. The second-order valence-corrected chi connectivity index (χ2v) is 6.87. The first-order chi connectivity index (χ1) is 13.1. The average Bonchev–Trinajstić information content (AvgIpc) is 2.70. The molecule has 0 radical (unpaired) electrons. The molecule has 0 saturated carbocycles. The summed E-state index contributed by atoms with van der Waals surface area (Å²) < 4.78 is 10.4. The van der Waals surface area contributed by atoms with Crippen LogP contribution in [0.5, 0.6) is 5.75 Å². The van der Waals surface area contributed by atoms with Gasteiger partial charge >= 0.3 is 0 Å². The summed E-state index contributed by atoms with van der Waals surface area (Å²) >= 11 is 0. The van der Waals surface area contributed by atoms with Crippen LogP contribution in [0.4, 0.5) is 0 Å². The number of piperidine rings is 1. The van der Waals surface area contributed by atoms with Crippen molar-refractivity contribution in [3.63, 3.8) is 0 Å². The summed E-state index contributed by atoms with van der Waals surface area (Å²) in [5.41, 5.74) is 1.14. The second kappa shape index (κ2) is 11.6. The highest BCUT2D eigenvalue weighted by molar-refractivity contribution is 5.80. The first-order valence-corrected chi connectivity index (χ1v) is 9.90. The Morgan fingerprint density at radius 2 is 1.89 bits per heavy atom. The summed E-state index contributed by atoms with van der Waals surface area (Å²) in [4.78, 5) is 26.5. The molecule has 6 nitrogen and oxygen atoms in total. The van der Waals surface area contributed by atoms with Gasteiger partial charge < -0.3 is 19.7 Å². The molecule has 6 heteroatoms. The molecule has 0 spiro atoms. The number of hydrogen-bond acceptors (Lipinski definition) is 4. The average molecular weight is 376 g/mol. The number of methoxy groups -OCH3 is 1. The van der Waals surface area contributed by atoms with Crippen molar-refractivity contribution in [1.82, 2.24) is 10.2 Å². The van der Waals surface area contributed by atoms with Crippen LogP contribution in [0.3, 0.4) is 0 Å². The number of nitrogens with zero attached hydrogens (tertiary/aromatic N) is 1. The van der Waals surface area contributed by atoms with Crippen LogP contribution in [0, 0.1) is 5.92 Å². The van der Waals surface area contributed by atoms with Gasteiger partial charge in [0.15, 0.2) is 0 Å². The maximum atomic E-state index is 12.4. The molecular formula is C21H32N2O4. The van der Waals surface area contributed by atoms with Gasteiger partial charge in [-0.25, -0.2) is 0 Å². The lowest BCUT2D eigenvalue weighted by molar-refractivity contribution is -0.135. The molecule has 1 N–H and O–H groups in total. The van der Waals surface area contributed by atoms with Gasteiger partial charge in [-0.05, 0) is 50.3 Å². The van der Waals surface area contributed by atoms with Gasteiger partial charge in [-0.15, -0.1) is 0 Å². The smallest absolute Gasteiger partial charge is 0.223 e. The molecule has 150 valence electrons. The van der Waals surface area contributed by atoms with Gasteiger partial charge in [-0.1, -0.05) is 12.1 Å². The van der Waals surface area contributed by atoms with Crippen molar-refractivity contribution in [2.24, 2.45) is 5.92 Å². The predicted octanol–water partition coefficient (Wildman–Crippen LogP) is 2.41. The number of carbonyl (C=O) groups is 2. The molecule has 27 heavy (non-hydrogen) atoms. The summed E-state index contributed by atoms with van der Waals surface area (Å²) in [6, 6.07) is 7.91. The van der Waals surface area contributed by atoms with E-state index in [1.807, 2.05) is 36.1 Å². The summed E-state index contributed by atoms with van der Waals surface area (Å²) in [7, 11) is 1.66. The molecule has 1 heterocycles. The molecular weight excluding hydrogens is 344 g/mol. The molecule has 1 aromatic rings. The molecule has 1 fully saturated rings. The van der Waals surface area contributed by atoms with Crippen molar-refractivity contribution in [1.29, 1.82) is 0 Å². The number of rotatable bonds is 10. The van der Waals surface area contributed by atoms with Crippen LogP contribution in [-0.4, -0.2) is 56.7 Å². The molecule has 1 aliphatic rings. The van der Waals surface area contributed by atoms with Crippen LogP contribution in [0.1, 0.15) is 38.2 Å². The third-order valence-corrected chi connectivity index (χ3v) is 4.90. The van der Waals surface area contributed by atoms with E-state index in [-0.39, 0.29) is 17.7 Å². The van der Waals surface area contributed by atoms with Crippen LogP contribution >= 0.6 is 0 Å². The Morgan fingerprint density at radius 1 is 1.19 bits per heavy atom. The summed E-state index contributed by atoms with van der Waals surface area (Å²) in [6.45, 7) is 5.24. The van der Waals surface area contributed by atoms with Crippen molar-refractivity contribution >= 4 is 11.8 Å². The SMILES string of the molecule is CCOc1ccc(CCC(=O)N2CCC(C(=O)NCCCOC)CC2)cc1. The van der Waals surface area contributed by atoms with E-state index in [1.165, 1.54) is 0 Å². The van der Waals surface area contributed by atoms with E-state index in [1.54, 1.807) is 7.11 Å². The van der Waals surface area contributed by atoms with E-state index in [0.717, 1.165) is 37.0 Å². The van der Waals surface area contributed by atoms with E-state index >= 15 is 0 Å². The van der Waals surface area contributed by atoms with Crippen LogP contribution in [-0.2, 0) is 20.7 Å². The van der Waals surface area contributed by atoms with Gasteiger partial charge in [0.2, 0.25) is 11.8 Å². The molecule has 1 aliphatic heterocycles. The number of likely N-dealkylation sites (tertiary alicyclic amines) is 1. The molecule has 1 saturated heterocycles. The fraction of sp³-hybridized carbons (Fsp3) is 0.619. The lowest BCUT2D eigenvalue weighted by atomic mass is 9.95. The van der Waals surface area contributed by atoms with E-state index in [0.29, 0.717) is 39.3 Å². The Morgan fingerprint density at radius 3 is 2.52 bits per heavy atom. The molecule has 2 amide bonds. The molecule has 0 atom stereocenters. The van der Waals surface area contributed by atoms with Crippen LogP contribution in [0.15, 0.2) is 24.3 Å². The Labute approximate surface area is 162 Å². The zero-order valence-electron chi connectivity index (χ0n) is 16.5. The fourth-order valence-electron chi connectivity index (χ4n) is 3.29. The maximum absolute atomic E-state index is 12.4. The standard InChI is InChI=1S/C21H32N2O4/c1-3-27-19-8-5-17(6-9-19)7-10-20(24)23-14-11-18(12-15-23)21(25)22-13-4-16-26-2/h5-6,8-9,18H,3-4,7,10-16H2,1-2H3,(H,22,25). The molecule has 0 unspecified atom stereocenters. The third-order valence-electron chi connectivity index (χ3n) is 4.90. The Bertz CT molecular complexity index is 580. The van der Waals surface area contributed by atoms with Crippen molar-refractivity contribution < 1.29 is 19.1 Å². The van der Waals surface area contributed by atoms with Crippen LogP contribution < -0.4 is 10.1 Å². The minimum Gasteiger partial charge on any atom is -0.494 e. The minimum absolute atomic E-state index is 0.0164. The highest BCUT2D eigenvalue weighted by Crippen LogP contribution is 2.19. The highest BCUT2D eigenvalue weighted by atomic mass is 16.5. The fourth-order valence-corrected chi connectivity index (χ4v) is 3.29. The topological polar surface area (TPSA) is 67.9 Å². The largest absolute Gasteiger partial charge is 0.494 e. The lowest BCUT2D eigenvalue weighted by Gasteiger charge is -2.31. The molecule has 0 aliphatic carbocycles. The number of carbonyl (C=O) groups excluding carboxylic acids is 2. The Balaban J connectivity index is 1.67. The van der Waals surface area contributed by atoms with E-state index in [4.69, 9.17) is 9.47 Å². The van der Waals surface area contributed by atoms with Gasteiger partial charge in [0.1, 0.15) is 5.75 Å². The van der Waals surface area contributed by atoms with Gasteiger partial charge in [0.05, 0.1) is 6.61 Å². The summed E-state index contributed by atoms with van der Waals surface area (Å²) in [6.07, 6.45) is 3.54. The Hall–Kier alpha value is -2.08. The van der Waals surface area contributed by atoms with Gasteiger partial charge in [-0.2, -0.15) is 0 Å². The zero-order chi connectivity index (χ0) is 19.5. The molecule has 0 bridgehead atoms. The predicted molar refractivity (Wildman–Crippen MR) is 105 cm³/mol.